The smallest absolute Gasteiger partial charge is 0.329 e. The highest BCUT2D eigenvalue weighted by atomic mass is 16.6. The molecule has 15 atom stereocenters. The number of esters is 1. The summed E-state index contributed by atoms with van der Waals surface area (Å²) in [6.07, 6.45) is 16.5. The van der Waals surface area contributed by atoms with Gasteiger partial charge in [-0.2, -0.15) is 0 Å². The summed E-state index contributed by atoms with van der Waals surface area (Å²) in [5.74, 6) is -7.05. The van der Waals surface area contributed by atoms with Crippen molar-refractivity contribution in [2.75, 3.05) is 34.5 Å². The monoisotopic (exact) mass is 954 g/mol. The standard InChI is InChI=1S/C55H87NO12/c1-13-27-66-46-25-23-42(31-49(46)64-11)30-38(6)48-33-45(57)37(5)29-36(4)41(9)51(65-12)50(58)39(7)28-34(2)19-15-14-16-20-35(3)47(63-10)32-43-24-22-40(8)55(62,68-43)52(59)53(60)56-26-18-17-21-44(56)54(61)67-48/h14-16,19-20,29,34,37-44,46-49,51,62H,13,17-18,21-28,30-33H2,1-12H3/b16-14+,19-15+,35-20+,36-29+/t34-,37-,38-,39-,40-,41-,42+,43+,44+,46-,47+,48?,49-,51-,55-/m1/s1. The van der Waals surface area contributed by atoms with Crippen LogP contribution in [0.2, 0.25) is 0 Å². The Morgan fingerprint density at radius 1 is 0.838 bits per heavy atom. The normalized spacial score (nSPS) is 39.2. The van der Waals surface area contributed by atoms with Crippen LogP contribution in [0.15, 0.2) is 47.6 Å². The molecule has 0 spiro atoms. The van der Waals surface area contributed by atoms with Crippen molar-refractivity contribution in [3.8, 4) is 0 Å². The molecule has 3 fully saturated rings. The highest BCUT2D eigenvalue weighted by Gasteiger charge is 2.53. The Morgan fingerprint density at radius 3 is 2.25 bits per heavy atom. The molecule has 1 amide bonds. The van der Waals surface area contributed by atoms with Crippen LogP contribution < -0.4 is 0 Å². The van der Waals surface area contributed by atoms with Gasteiger partial charge in [-0.15, -0.1) is 0 Å². The van der Waals surface area contributed by atoms with Crippen molar-refractivity contribution in [1.29, 1.82) is 0 Å². The van der Waals surface area contributed by atoms with E-state index in [1.165, 1.54) is 4.90 Å². The topological polar surface area (TPSA) is 164 Å². The summed E-state index contributed by atoms with van der Waals surface area (Å²) in [6.45, 7) is 18.2. The molecule has 1 saturated carbocycles. The second-order valence-electron chi connectivity index (χ2n) is 20.8. The van der Waals surface area contributed by atoms with E-state index < -0.39 is 65.7 Å². The van der Waals surface area contributed by atoms with Gasteiger partial charge in [0, 0.05) is 71.0 Å². The first kappa shape index (κ1) is 57.3. The third kappa shape index (κ3) is 15.3. The summed E-state index contributed by atoms with van der Waals surface area (Å²) < 4.78 is 36.3. The maximum absolute atomic E-state index is 14.5. The Morgan fingerprint density at radius 2 is 1.57 bits per heavy atom. The maximum atomic E-state index is 14.5. The summed E-state index contributed by atoms with van der Waals surface area (Å²) in [6, 6.07) is -1.09. The van der Waals surface area contributed by atoms with E-state index in [-0.39, 0.29) is 72.8 Å². The number of rotatable bonds is 9. The van der Waals surface area contributed by atoms with E-state index in [1.54, 1.807) is 28.3 Å². The number of aliphatic hydroxyl groups is 1. The van der Waals surface area contributed by atoms with Gasteiger partial charge in [0.15, 0.2) is 5.78 Å². The molecule has 13 heteroatoms. The fraction of sp³-hybridized carbons (Fsp3) is 0.764. The van der Waals surface area contributed by atoms with Gasteiger partial charge in [-0.25, -0.2) is 4.79 Å². The number of ether oxygens (including phenoxy) is 6. The SMILES string of the molecule is CCCO[C@@H]1CC[C@@H](C[C@@H](C)C2CC(=O)[C@H](C)/C=C(\C)[C@@H](C)[C@@H](OC)C(=O)[C@H](C)C[C@H](C)/C=C/C=C/C=C(\C)[C@@H](OC)C[C@@H]3CC[C@@H](C)[C@@](O)(O3)C(=O)C(=O)N3CCCC[C@H]3C(=O)O2)C[C@H]1OC. The second kappa shape index (κ2) is 27.3. The van der Waals surface area contributed by atoms with Crippen LogP contribution in [0.1, 0.15) is 146 Å². The molecule has 384 valence electrons. The number of Topliss-reactive ketones (excluding diaryl/α,β-unsaturated/α-hetero) is 3. The first-order valence-electron chi connectivity index (χ1n) is 25.7. The van der Waals surface area contributed by atoms with Crippen molar-refractivity contribution in [2.45, 2.75) is 194 Å². The number of hydrogen-bond acceptors (Lipinski definition) is 12. The Balaban J connectivity index is 1.70. The predicted octanol–water partition coefficient (Wildman–Crippen LogP) is 8.89. The molecule has 13 nitrogen and oxygen atoms in total. The van der Waals surface area contributed by atoms with Crippen molar-refractivity contribution in [1.82, 2.24) is 4.90 Å². The Kier molecular flexibility index (Phi) is 23.0. The van der Waals surface area contributed by atoms with E-state index in [0.29, 0.717) is 51.6 Å². The number of piperidine rings is 1. The van der Waals surface area contributed by atoms with E-state index in [9.17, 15) is 29.1 Å². The third-order valence-corrected chi connectivity index (χ3v) is 15.4. The molecular formula is C55H87NO12. The number of cyclic esters (lactones) is 1. The van der Waals surface area contributed by atoms with Crippen LogP contribution in [-0.4, -0.2) is 122 Å². The molecule has 0 aromatic rings. The van der Waals surface area contributed by atoms with Gasteiger partial charge in [0.05, 0.1) is 24.4 Å². The summed E-state index contributed by atoms with van der Waals surface area (Å²) in [4.78, 5) is 72.6. The minimum absolute atomic E-state index is 0.00454. The number of ketones is 3. The van der Waals surface area contributed by atoms with E-state index in [0.717, 1.165) is 36.8 Å². The summed E-state index contributed by atoms with van der Waals surface area (Å²) in [7, 11) is 4.86. The summed E-state index contributed by atoms with van der Waals surface area (Å²) in [5.41, 5.74) is 1.76. The lowest BCUT2D eigenvalue weighted by molar-refractivity contribution is -0.265. The summed E-state index contributed by atoms with van der Waals surface area (Å²) in [5, 5.41) is 12.0. The fourth-order valence-electron chi connectivity index (χ4n) is 10.8. The second-order valence-corrected chi connectivity index (χ2v) is 20.8. The van der Waals surface area contributed by atoms with Gasteiger partial charge in [-0.05, 0) is 108 Å². The zero-order chi connectivity index (χ0) is 50.3. The van der Waals surface area contributed by atoms with Gasteiger partial charge in [-0.1, -0.05) is 90.5 Å². The molecule has 0 radical (unpaired) electrons. The molecule has 4 aliphatic rings. The zero-order valence-electron chi connectivity index (χ0n) is 43.5. The molecule has 3 heterocycles. The molecule has 2 saturated heterocycles. The van der Waals surface area contributed by atoms with Gasteiger partial charge >= 0.3 is 5.97 Å². The molecule has 2 bridgehead atoms. The number of carbonyl (C=O) groups is 5. The van der Waals surface area contributed by atoms with Crippen molar-refractivity contribution >= 4 is 29.2 Å². The van der Waals surface area contributed by atoms with E-state index in [4.69, 9.17) is 28.4 Å². The highest BCUT2D eigenvalue weighted by Crippen LogP contribution is 2.38. The van der Waals surface area contributed by atoms with Crippen molar-refractivity contribution < 1.29 is 57.5 Å². The van der Waals surface area contributed by atoms with Crippen LogP contribution in [0.3, 0.4) is 0 Å². The average Bonchev–Trinajstić information content (AvgIpc) is 3.32. The summed E-state index contributed by atoms with van der Waals surface area (Å²) >= 11 is 0. The Hall–Kier alpha value is -3.33. The van der Waals surface area contributed by atoms with Gasteiger partial charge < -0.3 is 38.4 Å². The number of amides is 1. The van der Waals surface area contributed by atoms with Crippen LogP contribution in [0.5, 0.6) is 0 Å². The van der Waals surface area contributed by atoms with Gasteiger partial charge in [0.2, 0.25) is 5.79 Å². The fourth-order valence-corrected chi connectivity index (χ4v) is 10.8. The lowest BCUT2D eigenvalue weighted by Crippen LogP contribution is -2.61. The number of hydrogen-bond donors (Lipinski definition) is 1. The number of nitrogens with zero attached hydrogens (tertiary/aromatic N) is 1. The average molecular weight is 954 g/mol. The van der Waals surface area contributed by atoms with Crippen LogP contribution in [0, 0.1) is 41.4 Å². The van der Waals surface area contributed by atoms with Crippen LogP contribution in [0.25, 0.3) is 0 Å². The molecule has 0 aromatic carbocycles. The van der Waals surface area contributed by atoms with Crippen LogP contribution in [-0.2, 0) is 52.4 Å². The predicted molar refractivity (Wildman–Crippen MR) is 262 cm³/mol. The lowest BCUT2D eigenvalue weighted by atomic mass is 9.78. The van der Waals surface area contributed by atoms with Crippen molar-refractivity contribution in [3.63, 3.8) is 0 Å². The number of allylic oxidation sites excluding steroid dienone is 6. The number of carbonyl (C=O) groups excluding carboxylic acids is 5. The molecular weight excluding hydrogens is 867 g/mol. The van der Waals surface area contributed by atoms with E-state index in [2.05, 4.69) is 19.9 Å². The third-order valence-electron chi connectivity index (χ3n) is 15.4. The van der Waals surface area contributed by atoms with Gasteiger partial charge in [0.25, 0.3) is 11.7 Å². The zero-order valence-corrected chi connectivity index (χ0v) is 43.5. The van der Waals surface area contributed by atoms with E-state index in [1.807, 2.05) is 71.9 Å². The lowest BCUT2D eigenvalue weighted by Gasteiger charge is -2.42. The Labute approximate surface area is 408 Å². The minimum atomic E-state index is -2.40. The van der Waals surface area contributed by atoms with Crippen LogP contribution in [0.4, 0.5) is 0 Å². The first-order valence-corrected chi connectivity index (χ1v) is 25.7. The number of fused-ring (bicyclic) bond motifs is 3. The Bertz CT molecular complexity index is 1800. The molecule has 1 unspecified atom stereocenters. The molecule has 3 aliphatic heterocycles. The quantitative estimate of drug-likeness (QED) is 0.133. The number of methoxy groups -OCH3 is 3. The van der Waals surface area contributed by atoms with Crippen molar-refractivity contribution in [3.05, 3.63) is 47.6 Å². The highest BCUT2D eigenvalue weighted by molar-refractivity contribution is 6.39. The van der Waals surface area contributed by atoms with Gasteiger partial charge in [0.1, 0.15) is 24.0 Å². The maximum Gasteiger partial charge on any atom is 0.329 e. The first-order chi connectivity index (χ1) is 32.3. The van der Waals surface area contributed by atoms with Crippen molar-refractivity contribution in [2.24, 2.45) is 41.4 Å². The minimum Gasteiger partial charge on any atom is -0.460 e. The molecule has 1 N–H and O–H groups in total. The largest absolute Gasteiger partial charge is 0.460 e. The van der Waals surface area contributed by atoms with Crippen LogP contribution >= 0.6 is 0 Å². The molecule has 0 aromatic heterocycles. The molecule has 1 aliphatic carbocycles. The molecule has 68 heavy (non-hydrogen) atoms. The van der Waals surface area contributed by atoms with E-state index >= 15 is 0 Å². The molecule has 4 rings (SSSR count). The van der Waals surface area contributed by atoms with Gasteiger partial charge in [-0.3, -0.25) is 19.2 Å².